The van der Waals surface area contributed by atoms with Crippen LogP contribution < -0.4 is 0 Å². The first-order valence-electron chi connectivity index (χ1n) is 8.11. The van der Waals surface area contributed by atoms with Gasteiger partial charge in [0.1, 0.15) is 11.2 Å². The molecule has 132 valence electrons. The van der Waals surface area contributed by atoms with Crippen LogP contribution >= 0.6 is 0 Å². The summed E-state index contributed by atoms with van der Waals surface area (Å²) in [6.45, 7) is 4.20. The summed E-state index contributed by atoms with van der Waals surface area (Å²) in [7, 11) is 0. The maximum atomic E-state index is 12.6. The molecule has 0 bridgehead atoms. The summed E-state index contributed by atoms with van der Waals surface area (Å²) in [6, 6.07) is 1.30. The number of carboxylic acid groups (broad SMARTS) is 1. The molecule has 24 heavy (non-hydrogen) atoms. The molecule has 0 aromatic carbocycles. The van der Waals surface area contributed by atoms with Gasteiger partial charge in [-0.3, -0.25) is 14.6 Å². The Kier molecular flexibility index (Phi) is 5.43. The van der Waals surface area contributed by atoms with Crippen molar-refractivity contribution in [3.8, 4) is 5.75 Å². The molecule has 2 atom stereocenters. The number of rotatable bonds is 5. The second-order valence-corrected chi connectivity index (χ2v) is 6.86. The van der Waals surface area contributed by atoms with Gasteiger partial charge in [-0.2, -0.15) is 0 Å². The summed E-state index contributed by atoms with van der Waals surface area (Å²) < 4.78 is 0. The number of carbonyl (C=O) groups is 2. The minimum atomic E-state index is -1.36. The molecular weight excluding hydrogens is 312 g/mol. The lowest BCUT2D eigenvalue weighted by Gasteiger charge is -2.43. The van der Waals surface area contributed by atoms with Crippen LogP contribution in [0.15, 0.2) is 18.5 Å². The number of aromatic hydroxyl groups is 1. The molecule has 0 saturated carbocycles. The monoisotopic (exact) mass is 336 g/mol. The predicted molar refractivity (Wildman–Crippen MR) is 86.6 cm³/mol. The third kappa shape index (κ3) is 3.67. The first-order chi connectivity index (χ1) is 11.3. The number of aliphatic hydroxyl groups excluding tert-OH is 1. The van der Waals surface area contributed by atoms with Crippen molar-refractivity contribution >= 4 is 11.9 Å². The zero-order chi connectivity index (χ0) is 17.9. The van der Waals surface area contributed by atoms with Crippen molar-refractivity contribution in [1.29, 1.82) is 0 Å². The minimum absolute atomic E-state index is 0.0509. The van der Waals surface area contributed by atoms with Crippen LogP contribution in [0.25, 0.3) is 0 Å². The third-order valence-electron chi connectivity index (χ3n) is 4.64. The SMILES string of the molecule is CC(C)CC[C@@]1(C(=O)O)CN(C(=O)c2cncc(O)c2)CC[C@H]1O. The summed E-state index contributed by atoms with van der Waals surface area (Å²) in [4.78, 5) is 29.7. The second kappa shape index (κ2) is 7.17. The highest BCUT2D eigenvalue weighted by Gasteiger charge is 2.49. The van der Waals surface area contributed by atoms with E-state index < -0.39 is 17.5 Å². The molecule has 1 aromatic heterocycles. The number of piperidine rings is 1. The van der Waals surface area contributed by atoms with Crippen LogP contribution in [0.1, 0.15) is 43.5 Å². The van der Waals surface area contributed by atoms with E-state index in [1.807, 2.05) is 13.8 Å². The van der Waals surface area contributed by atoms with Crippen LogP contribution in [-0.2, 0) is 4.79 Å². The van der Waals surface area contributed by atoms with E-state index in [1.165, 1.54) is 23.4 Å². The van der Waals surface area contributed by atoms with Gasteiger partial charge in [-0.15, -0.1) is 0 Å². The van der Waals surface area contributed by atoms with E-state index in [0.717, 1.165) is 0 Å². The van der Waals surface area contributed by atoms with Crippen LogP contribution in [0.5, 0.6) is 5.75 Å². The number of likely N-dealkylation sites (tertiary alicyclic amines) is 1. The van der Waals surface area contributed by atoms with Crippen molar-refractivity contribution in [2.45, 2.75) is 39.2 Å². The first-order valence-corrected chi connectivity index (χ1v) is 8.11. The van der Waals surface area contributed by atoms with Gasteiger partial charge in [-0.1, -0.05) is 13.8 Å². The van der Waals surface area contributed by atoms with E-state index in [-0.39, 0.29) is 36.7 Å². The fourth-order valence-corrected chi connectivity index (χ4v) is 3.09. The van der Waals surface area contributed by atoms with E-state index in [0.29, 0.717) is 18.8 Å². The molecule has 7 nitrogen and oxygen atoms in total. The highest BCUT2D eigenvalue weighted by atomic mass is 16.4. The lowest BCUT2D eigenvalue weighted by Crippen LogP contribution is -2.57. The average Bonchev–Trinajstić information content (AvgIpc) is 2.53. The molecule has 1 aromatic rings. The number of carbonyl (C=O) groups excluding carboxylic acids is 1. The van der Waals surface area contributed by atoms with Gasteiger partial charge in [-0.05, 0) is 31.2 Å². The maximum Gasteiger partial charge on any atom is 0.314 e. The van der Waals surface area contributed by atoms with Crippen molar-refractivity contribution < 1.29 is 24.9 Å². The number of aliphatic carboxylic acids is 1. The number of aliphatic hydroxyl groups is 1. The number of carboxylic acids is 1. The zero-order valence-electron chi connectivity index (χ0n) is 14.0. The predicted octanol–water partition coefficient (Wildman–Crippen LogP) is 1.50. The molecule has 1 saturated heterocycles. The molecule has 1 aliphatic rings. The van der Waals surface area contributed by atoms with E-state index >= 15 is 0 Å². The summed E-state index contributed by atoms with van der Waals surface area (Å²) >= 11 is 0. The second-order valence-electron chi connectivity index (χ2n) is 6.86. The molecule has 0 spiro atoms. The Morgan fingerprint density at radius 2 is 2.12 bits per heavy atom. The molecule has 0 aliphatic carbocycles. The Bertz CT molecular complexity index is 619. The molecule has 0 radical (unpaired) electrons. The minimum Gasteiger partial charge on any atom is -0.506 e. The van der Waals surface area contributed by atoms with Crippen molar-refractivity contribution in [3.63, 3.8) is 0 Å². The standard InChI is InChI=1S/C17H24N2O5/c1-11(2)3-5-17(16(23)24)10-19(6-4-14(17)21)15(22)12-7-13(20)9-18-8-12/h7-9,11,14,20-21H,3-6,10H2,1-2H3,(H,23,24)/t14-,17-/m1/s1. The smallest absolute Gasteiger partial charge is 0.314 e. The van der Waals surface area contributed by atoms with Gasteiger partial charge in [-0.25, -0.2) is 0 Å². The van der Waals surface area contributed by atoms with E-state index in [9.17, 15) is 24.9 Å². The zero-order valence-corrected chi connectivity index (χ0v) is 14.0. The van der Waals surface area contributed by atoms with Gasteiger partial charge >= 0.3 is 5.97 Å². The molecule has 1 aliphatic heterocycles. The van der Waals surface area contributed by atoms with Crippen LogP contribution in [0.2, 0.25) is 0 Å². The molecule has 2 heterocycles. The van der Waals surface area contributed by atoms with Crippen LogP contribution in [0, 0.1) is 11.3 Å². The topological polar surface area (TPSA) is 111 Å². The summed E-state index contributed by atoms with van der Waals surface area (Å²) in [5.74, 6) is -1.29. The highest BCUT2D eigenvalue weighted by molar-refractivity contribution is 5.94. The molecule has 1 amide bonds. The molecule has 3 N–H and O–H groups in total. The van der Waals surface area contributed by atoms with Gasteiger partial charge in [0.05, 0.1) is 17.9 Å². The summed E-state index contributed by atoms with van der Waals surface area (Å²) in [5, 5.41) is 29.6. The summed E-state index contributed by atoms with van der Waals surface area (Å²) in [5.41, 5.74) is -1.16. The first kappa shape index (κ1) is 18.2. The van der Waals surface area contributed by atoms with Gasteiger partial charge < -0.3 is 20.2 Å². The normalized spacial score (nSPS) is 24.2. The Balaban J connectivity index is 2.24. The lowest BCUT2D eigenvalue weighted by atomic mass is 9.72. The third-order valence-corrected chi connectivity index (χ3v) is 4.64. The molecular formula is C17H24N2O5. The molecule has 1 fully saturated rings. The lowest BCUT2D eigenvalue weighted by molar-refractivity contribution is -0.163. The Morgan fingerprint density at radius 1 is 1.42 bits per heavy atom. The number of hydrogen-bond donors (Lipinski definition) is 3. The van der Waals surface area contributed by atoms with Gasteiger partial charge in [0.25, 0.3) is 5.91 Å². The van der Waals surface area contributed by atoms with Gasteiger partial charge in [0.2, 0.25) is 0 Å². The van der Waals surface area contributed by atoms with Crippen LogP contribution in [0.3, 0.4) is 0 Å². The Labute approximate surface area is 140 Å². The largest absolute Gasteiger partial charge is 0.506 e. The van der Waals surface area contributed by atoms with Crippen molar-refractivity contribution in [2.24, 2.45) is 11.3 Å². The van der Waals surface area contributed by atoms with E-state index in [1.54, 1.807) is 0 Å². The van der Waals surface area contributed by atoms with Crippen molar-refractivity contribution in [1.82, 2.24) is 9.88 Å². The van der Waals surface area contributed by atoms with E-state index in [4.69, 9.17) is 0 Å². The summed E-state index contributed by atoms with van der Waals surface area (Å²) in [6.07, 6.45) is 2.75. The Hall–Kier alpha value is -2.15. The van der Waals surface area contributed by atoms with Gasteiger partial charge in [0.15, 0.2) is 0 Å². The quantitative estimate of drug-likeness (QED) is 0.751. The highest BCUT2D eigenvalue weighted by Crippen LogP contribution is 2.37. The molecule has 2 rings (SSSR count). The number of amides is 1. The number of pyridine rings is 1. The fraction of sp³-hybridized carbons (Fsp3) is 0.588. The van der Waals surface area contributed by atoms with Gasteiger partial charge in [0, 0.05) is 19.3 Å². The number of nitrogens with zero attached hydrogens (tertiary/aromatic N) is 2. The Morgan fingerprint density at radius 3 is 2.71 bits per heavy atom. The fourth-order valence-electron chi connectivity index (χ4n) is 3.09. The average molecular weight is 336 g/mol. The van der Waals surface area contributed by atoms with Crippen LogP contribution in [0.4, 0.5) is 0 Å². The molecule has 0 unspecified atom stereocenters. The number of aromatic nitrogens is 1. The van der Waals surface area contributed by atoms with E-state index in [2.05, 4.69) is 4.98 Å². The van der Waals surface area contributed by atoms with Crippen LogP contribution in [-0.4, -0.2) is 56.3 Å². The van der Waals surface area contributed by atoms with Crippen molar-refractivity contribution in [2.75, 3.05) is 13.1 Å². The maximum absolute atomic E-state index is 12.6. The van der Waals surface area contributed by atoms with Crippen molar-refractivity contribution in [3.05, 3.63) is 24.0 Å². The number of hydrogen-bond acceptors (Lipinski definition) is 5. The molecule has 7 heteroatoms.